The third-order valence-corrected chi connectivity index (χ3v) is 3.56. The topological polar surface area (TPSA) is 48.4 Å². The van der Waals surface area contributed by atoms with Gasteiger partial charge in [0.15, 0.2) is 5.96 Å². The number of amides is 1. The highest BCUT2D eigenvalue weighted by Crippen LogP contribution is 2.20. The molecule has 0 N–H and O–H groups in total. The minimum absolute atomic E-state index is 0. The summed E-state index contributed by atoms with van der Waals surface area (Å²) in [6.07, 6.45) is 1.77. The Morgan fingerprint density at radius 1 is 1.13 bits per heavy atom. The van der Waals surface area contributed by atoms with Gasteiger partial charge in [0, 0.05) is 47.8 Å². The normalized spacial score (nSPS) is 15.5. The van der Waals surface area contributed by atoms with E-state index in [4.69, 9.17) is 9.73 Å². The van der Waals surface area contributed by atoms with Crippen LogP contribution in [0.3, 0.4) is 0 Å². The van der Waals surface area contributed by atoms with Crippen LogP contribution < -0.4 is 0 Å². The number of hydrogen-bond acceptors (Lipinski definition) is 3. The fourth-order valence-electron chi connectivity index (χ4n) is 2.52. The van der Waals surface area contributed by atoms with Gasteiger partial charge in [0.25, 0.3) is 0 Å². The summed E-state index contributed by atoms with van der Waals surface area (Å²) < 4.78 is 5.42. The number of halogens is 1. The first-order valence-electron chi connectivity index (χ1n) is 7.97. The van der Waals surface area contributed by atoms with E-state index in [1.54, 1.807) is 0 Å². The highest BCUT2D eigenvalue weighted by Gasteiger charge is 2.26. The van der Waals surface area contributed by atoms with Crippen LogP contribution in [0.2, 0.25) is 0 Å². The van der Waals surface area contributed by atoms with E-state index < -0.39 is 5.60 Å². The fourth-order valence-corrected chi connectivity index (χ4v) is 2.52. The molecule has 0 aromatic rings. The molecule has 6 nitrogen and oxygen atoms in total. The van der Waals surface area contributed by atoms with Crippen LogP contribution in [-0.2, 0) is 4.74 Å². The highest BCUT2D eigenvalue weighted by atomic mass is 127. The summed E-state index contributed by atoms with van der Waals surface area (Å²) in [7, 11) is 8.02. The van der Waals surface area contributed by atoms with Crippen molar-refractivity contribution in [2.24, 2.45) is 10.9 Å². The number of hydrogen-bond donors (Lipinski definition) is 0. The van der Waals surface area contributed by atoms with Crippen LogP contribution in [0, 0.1) is 5.92 Å². The number of ether oxygens (including phenoxy) is 1. The third-order valence-electron chi connectivity index (χ3n) is 3.56. The molecule has 1 saturated heterocycles. The molecule has 1 heterocycles. The SMILES string of the molecule is CN(C)C(=NCC1CCN(C(=O)OC(C)(C)C)CC1)N(C)C.I. The number of piperidine rings is 1. The summed E-state index contributed by atoms with van der Waals surface area (Å²) in [5, 5.41) is 0. The Morgan fingerprint density at radius 2 is 1.61 bits per heavy atom. The van der Waals surface area contributed by atoms with E-state index in [0.717, 1.165) is 38.4 Å². The second kappa shape index (κ2) is 9.54. The van der Waals surface area contributed by atoms with Crippen molar-refractivity contribution in [3.8, 4) is 0 Å². The molecule has 0 aromatic heterocycles. The molecule has 1 aliphatic heterocycles. The monoisotopic (exact) mass is 440 g/mol. The molecular weight excluding hydrogens is 407 g/mol. The molecule has 1 fully saturated rings. The molecule has 1 rings (SSSR count). The van der Waals surface area contributed by atoms with E-state index in [-0.39, 0.29) is 30.1 Å². The van der Waals surface area contributed by atoms with Crippen LogP contribution in [0.4, 0.5) is 4.79 Å². The molecule has 23 heavy (non-hydrogen) atoms. The molecule has 0 aromatic carbocycles. The molecule has 7 heteroatoms. The molecule has 0 spiro atoms. The van der Waals surface area contributed by atoms with Crippen LogP contribution in [0.1, 0.15) is 33.6 Å². The Labute approximate surface area is 158 Å². The van der Waals surface area contributed by atoms with Crippen molar-refractivity contribution in [2.45, 2.75) is 39.2 Å². The number of likely N-dealkylation sites (tertiary alicyclic amines) is 1. The van der Waals surface area contributed by atoms with Gasteiger partial charge >= 0.3 is 6.09 Å². The molecule has 0 bridgehead atoms. The largest absolute Gasteiger partial charge is 0.444 e. The molecule has 0 aliphatic carbocycles. The van der Waals surface area contributed by atoms with Crippen molar-refractivity contribution in [3.05, 3.63) is 0 Å². The minimum Gasteiger partial charge on any atom is -0.444 e. The molecule has 1 aliphatic rings. The zero-order valence-corrected chi connectivity index (χ0v) is 18.0. The number of aliphatic imine (C=N–C) groups is 1. The van der Waals surface area contributed by atoms with Crippen LogP contribution >= 0.6 is 24.0 Å². The van der Waals surface area contributed by atoms with Gasteiger partial charge in [-0.25, -0.2) is 4.79 Å². The van der Waals surface area contributed by atoms with Gasteiger partial charge < -0.3 is 19.4 Å². The maximum absolute atomic E-state index is 12.0. The van der Waals surface area contributed by atoms with Gasteiger partial charge in [-0.1, -0.05) is 0 Å². The van der Waals surface area contributed by atoms with Gasteiger partial charge in [-0.15, -0.1) is 24.0 Å². The van der Waals surface area contributed by atoms with Gasteiger partial charge in [-0.2, -0.15) is 0 Å². The van der Waals surface area contributed by atoms with Gasteiger partial charge in [0.1, 0.15) is 5.60 Å². The Morgan fingerprint density at radius 3 is 2.00 bits per heavy atom. The van der Waals surface area contributed by atoms with E-state index in [9.17, 15) is 4.79 Å². The first-order chi connectivity index (χ1) is 10.1. The lowest BCUT2D eigenvalue weighted by molar-refractivity contribution is 0.0187. The Bertz CT molecular complexity index is 387. The van der Waals surface area contributed by atoms with E-state index in [1.807, 2.05) is 63.7 Å². The average molecular weight is 440 g/mol. The molecule has 1 amide bonds. The number of carbonyl (C=O) groups excluding carboxylic acids is 1. The van der Waals surface area contributed by atoms with Gasteiger partial charge in [-0.3, -0.25) is 4.99 Å². The van der Waals surface area contributed by atoms with Crippen LogP contribution in [0.5, 0.6) is 0 Å². The van der Waals surface area contributed by atoms with E-state index >= 15 is 0 Å². The number of nitrogens with zero attached hydrogens (tertiary/aromatic N) is 4. The van der Waals surface area contributed by atoms with Crippen LogP contribution in [0.15, 0.2) is 4.99 Å². The third kappa shape index (κ3) is 8.08. The lowest BCUT2D eigenvalue weighted by Gasteiger charge is -2.33. The predicted octanol–water partition coefficient (Wildman–Crippen LogP) is 2.73. The van der Waals surface area contributed by atoms with E-state index in [1.165, 1.54) is 0 Å². The van der Waals surface area contributed by atoms with Crippen molar-refractivity contribution < 1.29 is 9.53 Å². The predicted molar refractivity (Wildman–Crippen MR) is 106 cm³/mol. The molecule has 0 unspecified atom stereocenters. The zero-order chi connectivity index (χ0) is 16.9. The first kappa shape index (κ1) is 22.3. The van der Waals surface area contributed by atoms with Gasteiger partial charge in [0.05, 0.1) is 0 Å². The summed E-state index contributed by atoms with van der Waals surface area (Å²) >= 11 is 0. The van der Waals surface area contributed by atoms with Crippen molar-refractivity contribution in [3.63, 3.8) is 0 Å². The van der Waals surface area contributed by atoms with E-state index in [2.05, 4.69) is 0 Å². The Hall–Kier alpha value is -0.730. The summed E-state index contributed by atoms with van der Waals surface area (Å²) in [4.78, 5) is 22.6. The molecular formula is C16H33IN4O2. The number of carbonyl (C=O) groups is 1. The quantitative estimate of drug-likeness (QED) is 0.377. The molecule has 0 saturated carbocycles. The van der Waals surface area contributed by atoms with Gasteiger partial charge in [-0.05, 0) is 39.5 Å². The van der Waals surface area contributed by atoms with Gasteiger partial charge in [0.2, 0.25) is 0 Å². The number of rotatable bonds is 2. The maximum atomic E-state index is 12.0. The first-order valence-corrected chi connectivity index (χ1v) is 7.97. The van der Waals surface area contributed by atoms with Crippen LogP contribution in [0.25, 0.3) is 0 Å². The molecule has 136 valence electrons. The Kier molecular flexibility index (Phi) is 9.24. The lowest BCUT2D eigenvalue weighted by Crippen LogP contribution is -2.42. The molecule has 0 radical (unpaired) electrons. The fraction of sp³-hybridized carbons (Fsp3) is 0.875. The second-order valence-electron chi connectivity index (χ2n) is 7.34. The second-order valence-corrected chi connectivity index (χ2v) is 7.34. The summed E-state index contributed by atoms with van der Waals surface area (Å²) in [6, 6.07) is 0. The van der Waals surface area contributed by atoms with Crippen LogP contribution in [-0.4, -0.2) is 80.2 Å². The highest BCUT2D eigenvalue weighted by molar-refractivity contribution is 14.0. The van der Waals surface area contributed by atoms with E-state index in [0.29, 0.717) is 5.92 Å². The standard InChI is InChI=1S/C16H32N4O2.HI/c1-16(2,3)22-15(21)20-10-8-13(9-11-20)12-17-14(18(4)5)19(6)7;/h13H,8-12H2,1-7H3;1H. The summed E-state index contributed by atoms with van der Waals surface area (Å²) in [5.74, 6) is 1.52. The summed E-state index contributed by atoms with van der Waals surface area (Å²) in [6.45, 7) is 8.03. The molecule has 0 atom stereocenters. The van der Waals surface area contributed by atoms with Crippen molar-refractivity contribution in [1.29, 1.82) is 0 Å². The van der Waals surface area contributed by atoms with Crippen molar-refractivity contribution in [1.82, 2.24) is 14.7 Å². The summed E-state index contributed by atoms with van der Waals surface area (Å²) in [5.41, 5.74) is -0.426. The lowest BCUT2D eigenvalue weighted by atomic mass is 9.97. The van der Waals surface area contributed by atoms with Crippen molar-refractivity contribution in [2.75, 3.05) is 47.8 Å². The average Bonchev–Trinajstić information content (AvgIpc) is 2.36. The number of guanidine groups is 1. The zero-order valence-electron chi connectivity index (χ0n) is 15.6. The van der Waals surface area contributed by atoms with Crippen molar-refractivity contribution >= 4 is 36.0 Å². The smallest absolute Gasteiger partial charge is 0.410 e. The Balaban J connectivity index is 0.00000484. The minimum atomic E-state index is -0.426. The maximum Gasteiger partial charge on any atom is 0.410 e.